The van der Waals surface area contributed by atoms with Crippen LogP contribution in [0, 0.1) is 10.1 Å². The van der Waals surface area contributed by atoms with E-state index in [1.165, 1.54) is 17.7 Å². The third-order valence-corrected chi connectivity index (χ3v) is 5.00. The van der Waals surface area contributed by atoms with Gasteiger partial charge in [0.1, 0.15) is 5.60 Å². The number of nitro groups is 1. The smallest absolute Gasteiger partial charge is 0.425 e. The van der Waals surface area contributed by atoms with E-state index in [1.54, 1.807) is 17.1 Å². The van der Waals surface area contributed by atoms with Gasteiger partial charge in [0.2, 0.25) is 0 Å². The quantitative estimate of drug-likeness (QED) is 0.512. The maximum absolute atomic E-state index is 13.0. The van der Waals surface area contributed by atoms with E-state index in [0.717, 1.165) is 19.6 Å². The van der Waals surface area contributed by atoms with E-state index in [4.69, 9.17) is 4.74 Å². The van der Waals surface area contributed by atoms with Crippen molar-refractivity contribution in [2.45, 2.75) is 39.5 Å². The predicted molar refractivity (Wildman–Crippen MR) is 118 cm³/mol. The fourth-order valence-electron chi connectivity index (χ4n) is 3.51. The molecule has 0 aliphatic carbocycles. The Labute approximate surface area is 183 Å². The van der Waals surface area contributed by atoms with E-state index in [2.05, 4.69) is 17.0 Å². The Morgan fingerprint density at radius 3 is 2.29 bits per heavy atom. The Bertz CT molecular complexity index is 890. The third-order valence-electron chi connectivity index (χ3n) is 5.00. The minimum absolute atomic E-state index is 0.00863. The molecule has 1 amide bonds. The van der Waals surface area contributed by atoms with Gasteiger partial charge in [-0.1, -0.05) is 42.5 Å². The van der Waals surface area contributed by atoms with Crippen molar-refractivity contribution in [3.8, 4) is 0 Å². The number of carbonyl (C=O) groups is 1. The van der Waals surface area contributed by atoms with Crippen LogP contribution in [-0.2, 0) is 17.8 Å². The molecule has 0 saturated carbocycles. The molecule has 8 heteroatoms. The number of hydrazine groups is 1. The molecule has 3 rings (SSSR count). The Morgan fingerprint density at radius 2 is 1.68 bits per heavy atom. The summed E-state index contributed by atoms with van der Waals surface area (Å²) in [6.45, 7) is 9.52. The highest BCUT2D eigenvalue weighted by molar-refractivity contribution is 5.67. The Kier molecular flexibility index (Phi) is 7.25. The summed E-state index contributed by atoms with van der Waals surface area (Å²) in [5, 5.41) is 14.7. The minimum atomic E-state index is -0.632. The number of benzene rings is 2. The number of nitro benzene ring substituents is 1. The van der Waals surface area contributed by atoms with Crippen LogP contribution < -0.4 is 0 Å². The van der Waals surface area contributed by atoms with Crippen molar-refractivity contribution in [2.75, 3.05) is 26.2 Å². The van der Waals surface area contributed by atoms with Gasteiger partial charge in [-0.15, -0.1) is 0 Å². The first-order chi connectivity index (χ1) is 14.7. The van der Waals surface area contributed by atoms with Crippen molar-refractivity contribution < 1.29 is 14.5 Å². The molecular weight excluding hydrogens is 396 g/mol. The summed E-state index contributed by atoms with van der Waals surface area (Å²) in [4.78, 5) is 26.0. The average molecular weight is 427 g/mol. The number of hydrogen-bond acceptors (Lipinski definition) is 6. The van der Waals surface area contributed by atoms with E-state index >= 15 is 0 Å². The lowest BCUT2D eigenvalue weighted by molar-refractivity contribution is -0.384. The van der Waals surface area contributed by atoms with E-state index in [0.29, 0.717) is 18.7 Å². The molecule has 1 fully saturated rings. The molecule has 0 spiro atoms. The highest BCUT2D eigenvalue weighted by atomic mass is 16.6. The molecule has 31 heavy (non-hydrogen) atoms. The standard InChI is InChI=1S/C23H30N4O4/c1-23(2,3)31-22(28)26(18-20-10-7-11-21(16-20)27(29)30)25-14-12-24(13-15-25)17-19-8-5-4-6-9-19/h4-11,16H,12-15,17-18H2,1-3H3. The van der Waals surface area contributed by atoms with Gasteiger partial charge >= 0.3 is 6.09 Å². The van der Waals surface area contributed by atoms with Gasteiger partial charge in [-0.3, -0.25) is 15.0 Å². The number of rotatable bonds is 6. The van der Waals surface area contributed by atoms with Gasteiger partial charge in [0.25, 0.3) is 5.69 Å². The first-order valence-corrected chi connectivity index (χ1v) is 10.5. The number of non-ortho nitro benzene ring substituents is 1. The molecule has 1 aliphatic heterocycles. The third kappa shape index (κ3) is 6.77. The van der Waals surface area contributed by atoms with E-state index < -0.39 is 16.6 Å². The SMILES string of the molecule is CC(C)(C)OC(=O)N(Cc1cccc([N+](=O)[O-])c1)N1CCN(Cc2ccccc2)CC1. The monoisotopic (exact) mass is 426 g/mol. The molecule has 2 aromatic rings. The number of carbonyl (C=O) groups excluding carboxylic acids is 1. The van der Waals surface area contributed by atoms with Gasteiger partial charge in [0, 0.05) is 44.9 Å². The summed E-state index contributed by atoms with van der Waals surface area (Å²) in [5.74, 6) is 0. The Morgan fingerprint density at radius 1 is 1.03 bits per heavy atom. The van der Waals surface area contributed by atoms with Gasteiger partial charge in [0.15, 0.2) is 0 Å². The number of ether oxygens (including phenoxy) is 1. The van der Waals surface area contributed by atoms with Crippen LogP contribution in [0.1, 0.15) is 31.9 Å². The molecule has 0 aromatic heterocycles. The summed E-state index contributed by atoms with van der Waals surface area (Å²) < 4.78 is 5.62. The first-order valence-electron chi connectivity index (χ1n) is 10.5. The largest absolute Gasteiger partial charge is 0.443 e. The van der Waals surface area contributed by atoms with Gasteiger partial charge in [0.05, 0.1) is 11.5 Å². The second-order valence-corrected chi connectivity index (χ2v) is 8.68. The summed E-state index contributed by atoms with van der Waals surface area (Å²) in [5.41, 5.74) is 1.32. The summed E-state index contributed by atoms with van der Waals surface area (Å²) in [6, 6.07) is 16.7. The molecule has 1 aliphatic rings. The van der Waals surface area contributed by atoms with Crippen LogP contribution >= 0.6 is 0 Å². The van der Waals surface area contributed by atoms with Crippen LogP contribution in [0.2, 0.25) is 0 Å². The lowest BCUT2D eigenvalue weighted by Crippen LogP contribution is -2.55. The maximum Gasteiger partial charge on any atom is 0.425 e. The Balaban J connectivity index is 1.70. The van der Waals surface area contributed by atoms with Gasteiger partial charge in [-0.25, -0.2) is 14.8 Å². The van der Waals surface area contributed by atoms with E-state index in [9.17, 15) is 14.9 Å². The van der Waals surface area contributed by atoms with Crippen molar-refractivity contribution in [2.24, 2.45) is 0 Å². The van der Waals surface area contributed by atoms with Crippen LogP contribution in [0.25, 0.3) is 0 Å². The second kappa shape index (κ2) is 9.89. The minimum Gasteiger partial charge on any atom is -0.443 e. The molecule has 0 atom stereocenters. The zero-order valence-electron chi connectivity index (χ0n) is 18.4. The fraction of sp³-hybridized carbons (Fsp3) is 0.435. The zero-order chi connectivity index (χ0) is 22.4. The summed E-state index contributed by atoms with van der Waals surface area (Å²) in [7, 11) is 0. The average Bonchev–Trinajstić information content (AvgIpc) is 2.72. The Hall–Kier alpha value is -2.97. The lowest BCUT2D eigenvalue weighted by Gasteiger charge is -2.41. The highest BCUT2D eigenvalue weighted by Crippen LogP contribution is 2.20. The van der Waals surface area contributed by atoms with Crippen molar-refractivity contribution in [3.05, 3.63) is 75.8 Å². The van der Waals surface area contributed by atoms with Crippen molar-refractivity contribution in [1.82, 2.24) is 14.9 Å². The molecule has 0 unspecified atom stereocenters. The van der Waals surface area contributed by atoms with Gasteiger partial charge in [-0.05, 0) is 31.9 Å². The van der Waals surface area contributed by atoms with E-state index in [-0.39, 0.29) is 12.2 Å². The molecule has 8 nitrogen and oxygen atoms in total. The molecule has 166 valence electrons. The topological polar surface area (TPSA) is 79.2 Å². The fourth-order valence-corrected chi connectivity index (χ4v) is 3.51. The van der Waals surface area contributed by atoms with Crippen molar-refractivity contribution in [3.63, 3.8) is 0 Å². The molecule has 2 aromatic carbocycles. The predicted octanol–water partition coefficient (Wildman–Crippen LogP) is 4.06. The normalized spacial score (nSPS) is 15.5. The van der Waals surface area contributed by atoms with Crippen LogP contribution in [0.15, 0.2) is 54.6 Å². The van der Waals surface area contributed by atoms with Crippen LogP contribution in [0.4, 0.5) is 10.5 Å². The molecule has 1 saturated heterocycles. The summed E-state index contributed by atoms with van der Waals surface area (Å²) in [6.07, 6.45) is -0.449. The number of piperazine rings is 1. The molecule has 1 heterocycles. The van der Waals surface area contributed by atoms with Gasteiger partial charge < -0.3 is 4.74 Å². The molecule has 0 bridgehead atoms. The van der Waals surface area contributed by atoms with E-state index in [1.807, 2.05) is 44.0 Å². The van der Waals surface area contributed by atoms with Crippen LogP contribution in [0.5, 0.6) is 0 Å². The van der Waals surface area contributed by atoms with Crippen LogP contribution in [-0.4, -0.2) is 57.7 Å². The summed E-state index contributed by atoms with van der Waals surface area (Å²) >= 11 is 0. The van der Waals surface area contributed by atoms with Crippen molar-refractivity contribution in [1.29, 1.82) is 0 Å². The zero-order valence-corrected chi connectivity index (χ0v) is 18.4. The lowest BCUT2D eigenvalue weighted by atomic mass is 10.2. The number of hydrogen-bond donors (Lipinski definition) is 0. The van der Waals surface area contributed by atoms with Gasteiger partial charge in [-0.2, -0.15) is 0 Å². The van der Waals surface area contributed by atoms with Crippen molar-refractivity contribution >= 4 is 11.8 Å². The van der Waals surface area contributed by atoms with Crippen LogP contribution in [0.3, 0.4) is 0 Å². The highest BCUT2D eigenvalue weighted by Gasteiger charge is 2.30. The molecule has 0 N–H and O–H groups in total. The molecule has 0 radical (unpaired) electrons. The molecular formula is C23H30N4O4. The second-order valence-electron chi connectivity index (χ2n) is 8.68. The maximum atomic E-state index is 13.0. The first kappa shape index (κ1) is 22.7. The number of nitrogens with zero attached hydrogens (tertiary/aromatic N) is 4. The number of amides is 1.